The number of hydrogen-bond acceptors (Lipinski definition) is 4. The monoisotopic (exact) mass is 389 g/mol. The van der Waals surface area contributed by atoms with Crippen molar-refractivity contribution in [2.24, 2.45) is 0 Å². The first kappa shape index (κ1) is 22.1. The molecule has 1 fully saturated rings. The summed E-state index contributed by atoms with van der Waals surface area (Å²) in [6.45, 7) is 9.11. The van der Waals surface area contributed by atoms with Gasteiger partial charge in [0.2, 0.25) is 0 Å². The molecular formula is C22H35NO3Si. The first-order valence-corrected chi connectivity index (χ1v) is 12.2. The summed E-state index contributed by atoms with van der Waals surface area (Å²) in [7, 11) is -1.58. The van der Waals surface area contributed by atoms with E-state index in [0.29, 0.717) is 12.0 Å². The van der Waals surface area contributed by atoms with Gasteiger partial charge in [0, 0.05) is 18.8 Å². The Bertz CT molecular complexity index is 564. The molecule has 150 valence electrons. The Morgan fingerprint density at radius 2 is 1.59 bits per heavy atom. The van der Waals surface area contributed by atoms with Crippen LogP contribution in [-0.4, -0.2) is 34.2 Å². The Kier molecular flexibility index (Phi) is 9.50. The molecule has 0 N–H and O–H groups in total. The first-order valence-electron chi connectivity index (χ1n) is 10.4. The molecule has 5 heteroatoms. The summed E-state index contributed by atoms with van der Waals surface area (Å²) in [4.78, 5) is 0. The van der Waals surface area contributed by atoms with Gasteiger partial charge in [-0.15, -0.1) is 0 Å². The molecule has 0 aliphatic heterocycles. The van der Waals surface area contributed by atoms with Gasteiger partial charge in [-0.25, -0.2) is 0 Å². The second-order valence-electron chi connectivity index (χ2n) is 8.02. The van der Waals surface area contributed by atoms with Crippen molar-refractivity contribution < 1.29 is 13.6 Å². The second-order valence-corrected chi connectivity index (χ2v) is 10.0. The smallest absolute Gasteiger partial charge is 0.321 e. The summed E-state index contributed by atoms with van der Waals surface area (Å²) in [6.07, 6.45) is 6.45. The Labute approximate surface area is 166 Å². The van der Waals surface area contributed by atoms with Gasteiger partial charge in [0.05, 0.1) is 17.7 Å². The molecule has 4 nitrogen and oxygen atoms in total. The fourth-order valence-corrected chi connectivity index (χ4v) is 5.72. The van der Waals surface area contributed by atoms with Crippen LogP contribution in [0, 0.1) is 11.3 Å². The van der Waals surface area contributed by atoms with Gasteiger partial charge in [0.1, 0.15) is 0 Å². The van der Waals surface area contributed by atoms with E-state index in [1.54, 1.807) is 0 Å². The quantitative estimate of drug-likeness (QED) is 0.414. The zero-order chi connectivity index (χ0) is 19.6. The Morgan fingerprint density at radius 1 is 1.00 bits per heavy atom. The second kappa shape index (κ2) is 11.6. The van der Waals surface area contributed by atoms with Gasteiger partial charge in [-0.05, 0) is 89.5 Å². The lowest BCUT2D eigenvalue weighted by Gasteiger charge is -2.29. The zero-order valence-electron chi connectivity index (χ0n) is 17.3. The third-order valence-electron chi connectivity index (χ3n) is 4.97. The average Bonchev–Trinajstić information content (AvgIpc) is 2.65. The third-order valence-corrected chi connectivity index (χ3v) is 7.55. The molecule has 1 aliphatic rings. The van der Waals surface area contributed by atoms with Crippen molar-refractivity contribution in [3.05, 3.63) is 35.4 Å². The van der Waals surface area contributed by atoms with E-state index in [2.05, 4.69) is 45.9 Å². The lowest BCUT2D eigenvalue weighted by atomic mass is 9.82. The van der Waals surface area contributed by atoms with Crippen LogP contribution in [0.3, 0.4) is 0 Å². The third kappa shape index (κ3) is 8.14. The van der Waals surface area contributed by atoms with Crippen molar-refractivity contribution in [2.45, 2.75) is 90.1 Å². The van der Waals surface area contributed by atoms with Gasteiger partial charge < -0.3 is 13.6 Å². The molecule has 0 atom stereocenters. The normalized spacial score (nSPS) is 20.4. The van der Waals surface area contributed by atoms with Crippen molar-refractivity contribution in [2.75, 3.05) is 6.61 Å². The molecule has 0 saturated heterocycles. The molecule has 27 heavy (non-hydrogen) atoms. The van der Waals surface area contributed by atoms with Crippen molar-refractivity contribution in [3.8, 4) is 6.07 Å². The molecule has 0 spiro atoms. The molecule has 1 aromatic rings. The Morgan fingerprint density at radius 3 is 2.11 bits per heavy atom. The molecule has 0 bridgehead atoms. The minimum absolute atomic E-state index is 0.235. The maximum atomic E-state index is 8.92. The molecule has 0 heterocycles. The van der Waals surface area contributed by atoms with Gasteiger partial charge in [-0.2, -0.15) is 5.26 Å². The van der Waals surface area contributed by atoms with Crippen LogP contribution >= 0.6 is 0 Å². The van der Waals surface area contributed by atoms with Crippen LogP contribution < -0.4 is 0 Å². The number of hydrogen-bond donors (Lipinski definition) is 0. The van der Waals surface area contributed by atoms with Crippen molar-refractivity contribution in [1.29, 1.82) is 5.26 Å². The summed E-state index contributed by atoms with van der Waals surface area (Å²) in [5.74, 6) is 0.605. The van der Waals surface area contributed by atoms with Crippen LogP contribution in [0.15, 0.2) is 24.3 Å². The lowest BCUT2D eigenvalue weighted by molar-refractivity contribution is 0.0237. The lowest BCUT2D eigenvalue weighted by Crippen LogP contribution is -2.30. The maximum absolute atomic E-state index is 8.92. The molecule has 0 amide bonds. The van der Waals surface area contributed by atoms with E-state index in [4.69, 9.17) is 18.9 Å². The summed E-state index contributed by atoms with van der Waals surface area (Å²) in [5, 5.41) is 8.92. The highest BCUT2D eigenvalue weighted by Crippen LogP contribution is 2.34. The van der Waals surface area contributed by atoms with Crippen LogP contribution in [0.4, 0.5) is 0 Å². The molecular weight excluding hydrogens is 354 g/mol. The zero-order valence-corrected chi connectivity index (χ0v) is 18.5. The van der Waals surface area contributed by atoms with E-state index in [1.807, 2.05) is 12.1 Å². The van der Waals surface area contributed by atoms with Crippen LogP contribution in [0.1, 0.15) is 76.8 Å². The molecule has 1 aliphatic carbocycles. The number of ether oxygens (including phenoxy) is 1. The van der Waals surface area contributed by atoms with Crippen molar-refractivity contribution >= 4 is 9.28 Å². The van der Waals surface area contributed by atoms with Gasteiger partial charge in [0.25, 0.3) is 0 Å². The van der Waals surface area contributed by atoms with Gasteiger partial charge in [0.15, 0.2) is 0 Å². The highest BCUT2D eigenvalue weighted by Gasteiger charge is 2.23. The molecule has 1 aromatic carbocycles. The fourth-order valence-electron chi connectivity index (χ4n) is 3.67. The van der Waals surface area contributed by atoms with Crippen LogP contribution in [0.5, 0.6) is 0 Å². The molecule has 0 unspecified atom stereocenters. The van der Waals surface area contributed by atoms with E-state index in [0.717, 1.165) is 37.5 Å². The highest BCUT2D eigenvalue weighted by molar-refractivity contribution is 6.44. The summed E-state index contributed by atoms with van der Waals surface area (Å²) in [6, 6.07) is 11.3. The van der Waals surface area contributed by atoms with E-state index < -0.39 is 9.28 Å². The van der Waals surface area contributed by atoms with Crippen molar-refractivity contribution in [3.63, 3.8) is 0 Å². The SMILES string of the molecule is CC(C)O[SiH](CCCOC1CCC(c2ccc(C#N)cc2)CC1)OC(C)C. The van der Waals surface area contributed by atoms with Gasteiger partial charge in [-0.3, -0.25) is 0 Å². The van der Waals surface area contributed by atoms with E-state index >= 15 is 0 Å². The maximum Gasteiger partial charge on any atom is 0.321 e. The molecule has 0 radical (unpaired) electrons. The van der Waals surface area contributed by atoms with E-state index in [1.165, 1.54) is 18.4 Å². The average molecular weight is 390 g/mol. The van der Waals surface area contributed by atoms with Crippen molar-refractivity contribution in [1.82, 2.24) is 0 Å². The number of rotatable bonds is 10. The molecule has 0 aromatic heterocycles. The Hall–Kier alpha value is -1.19. The Balaban J connectivity index is 1.66. The fraction of sp³-hybridized carbons (Fsp3) is 0.682. The predicted octanol–water partition coefficient (Wildman–Crippen LogP) is 5.06. The summed E-state index contributed by atoms with van der Waals surface area (Å²) >= 11 is 0. The number of nitrogens with zero attached hydrogens (tertiary/aromatic N) is 1. The van der Waals surface area contributed by atoms with E-state index in [9.17, 15) is 0 Å². The van der Waals surface area contributed by atoms with Gasteiger partial charge >= 0.3 is 9.28 Å². The predicted molar refractivity (Wildman–Crippen MR) is 111 cm³/mol. The van der Waals surface area contributed by atoms with Crippen LogP contribution in [-0.2, 0) is 13.6 Å². The standard InChI is InChI=1S/C22H35NO3Si/c1-17(2)25-27(26-18(3)4)15-5-14-24-22-12-10-21(11-13-22)20-8-6-19(16-23)7-9-20/h6-9,17-18,21-22,27H,5,10-15H2,1-4H3. The highest BCUT2D eigenvalue weighted by atomic mass is 28.3. The first-order chi connectivity index (χ1) is 13.0. The number of nitriles is 1. The molecule has 2 rings (SSSR count). The summed E-state index contributed by atoms with van der Waals surface area (Å²) in [5.41, 5.74) is 2.10. The number of benzene rings is 1. The summed E-state index contributed by atoms with van der Waals surface area (Å²) < 4.78 is 18.1. The van der Waals surface area contributed by atoms with Crippen LogP contribution in [0.2, 0.25) is 6.04 Å². The topological polar surface area (TPSA) is 51.5 Å². The van der Waals surface area contributed by atoms with E-state index in [-0.39, 0.29) is 12.2 Å². The minimum atomic E-state index is -1.58. The molecule has 1 saturated carbocycles. The minimum Gasteiger partial charge on any atom is -0.394 e. The van der Waals surface area contributed by atoms with Gasteiger partial charge in [-0.1, -0.05) is 12.1 Å². The largest absolute Gasteiger partial charge is 0.394 e. The van der Waals surface area contributed by atoms with Crippen LogP contribution in [0.25, 0.3) is 0 Å².